The second-order valence-electron chi connectivity index (χ2n) is 2.83. The number of hydrogen-bond donors (Lipinski definition) is 2. The Bertz CT molecular complexity index is 545. The normalized spacial score (nSPS) is 10.9. The fourth-order valence-electron chi connectivity index (χ4n) is 1.01. The van der Waals surface area contributed by atoms with Gasteiger partial charge in [-0.25, -0.2) is 9.59 Å². The van der Waals surface area contributed by atoms with Gasteiger partial charge in [0.05, 0.1) is 11.1 Å². The van der Waals surface area contributed by atoms with Gasteiger partial charge in [0.25, 0.3) is 0 Å². The molecular formula is C8H5FO7S. The molecule has 1 rings (SSSR count). The van der Waals surface area contributed by atoms with Crippen molar-refractivity contribution in [2.24, 2.45) is 0 Å². The molecule has 0 aliphatic rings. The molecule has 0 aromatic heterocycles. The molecule has 0 aliphatic carbocycles. The van der Waals surface area contributed by atoms with E-state index in [9.17, 15) is 21.9 Å². The summed E-state index contributed by atoms with van der Waals surface area (Å²) in [5, 5.41) is 17.2. The van der Waals surface area contributed by atoms with Crippen molar-refractivity contribution in [3.05, 3.63) is 29.3 Å². The summed E-state index contributed by atoms with van der Waals surface area (Å²) in [5.74, 6) is -3.74. The van der Waals surface area contributed by atoms with E-state index in [1.54, 1.807) is 0 Å². The molecule has 0 bridgehead atoms. The van der Waals surface area contributed by atoms with E-state index < -0.39 is 39.3 Å². The van der Waals surface area contributed by atoms with Crippen LogP contribution in [0.1, 0.15) is 20.7 Å². The van der Waals surface area contributed by atoms with Crippen LogP contribution in [0.5, 0.6) is 5.75 Å². The van der Waals surface area contributed by atoms with Gasteiger partial charge in [0.2, 0.25) is 0 Å². The standard InChI is InChI=1S/C8H5FO7S/c9-17(14,15)16-6-2-4(7(10)11)1-5(3-6)8(12)13/h1-3H,(H,10,11)(H,12,13). The van der Waals surface area contributed by atoms with E-state index in [2.05, 4.69) is 4.18 Å². The van der Waals surface area contributed by atoms with Crippen molar-refractivity contribution in [2.75, 3.05) is 0 Å². The highest BCUT2D eigenvalue weighted by Crippen LogP contribution is 2.19. The number of carboxylic acid groups (broad SMARTS) is 2. The number of hydrogen-bond acceptors (Lipinski definition) is 5. The summed E-state index contributed by atoms with van der Waals surface area (Å²) in [5.41, 5.74) is -1.08. The molecule has 1 aromatic rings. The zero-order valence-electron chi connectivity index (χ0n) is 7.95. The van der Waals surface area contributed by atoms with Gasteiger partial charge in [-0.05, 0) is 18.2 Å². The largest absolute Gasteiger partial charge is 0.488 e. The molecule has 1 aromatic carbocycles. The number of carbonyl (C=O) groups is 2. The van der Waals surface area contributed by atoms with Crippen LogP contribution in [0, 0.1) is 0 Å². The Labute approximate surface area is 94.5 Å². The van der Waals surface area contributed by atoms with Gasteiger partial charge in [0.15, 0.2) is 0 Å². The van der Waals surface area contributed by atoms with Crippen LogP contribution in [0.4, 0.5) is 3.89 Å². The third-order valence-electron chi connectivity index (χ3n) is 1.60. The average Bonchev–Trinajstić information content (AvgIpc) is 2.14. The molecule has 0 atom stereocenters. The average molecular weight is 264 g/mol. The van der Waals surface area contributed by atoms with Gasteiger partial charge in [0, 0.05) is 0 Å². The first-order chi connectivity index (χ1) is 7.69. The van der Waals surface area contributed by atoms with Crippen molar-refractivity contribution >= 4 is 22.4 Å². The van der Waals surface area contributed by atoms with E-state index in [4.69, 9.17) is 10.2 Å². The maximum Gasteiger partial charge on any atom is 0.488 e. The molecule has 0 saturated carbocycles. The fraction of sp³-hybridized carbons (Fsp3) is 0. The summed E-state index contributed by atoms with van der Waals surface area (Å²) in [6, 6.07) is 2.15. The van der Waals surface area contributed by atoms with E-state index in [-0.39, 0.29) is 0 Å². The third-order valence-corrected chi connectivity index (χ3v) is 1.99. The van der Waals surface area contributed by atoms with Crippen LogP contribution in [0.15, 0.2) is 18.2 Å². The topological polar surface area (TPSA) is 118 Å². The maximum absolute atomic E-state index is 12.2. The highest BCUT2D eigenvalue weighted by molar-refractivity contribution is 7.81. The van der Waals surface area contributed by atoms with Crippen molar-refractivity contribution in [3.63, 3.8) is 0 Å². The Hall–Kier alpha value is -2.16. The summed E-state index contributed by atoms with van der Waals surface area (Å²) in [6.07, 6.45) is 0. The molecule has 0 heterocycles. The SMILES string of the molecule is O=C(O)c1cc(OS(=O)(=O)F)cc(C(=O)O)c1. The molecule has 0 fully saturated rings. The van der Waals surface area contributed by atoms with Gasteiger partial charge in [-0.3, -0.25) is 0 Å². The van der Waals surface area contributed by atoms with E-state index in [1.807, 2.05) is 0 Å². The Balaban J connectivity index is 3.31. The summed E-state index contributed by atoms with van der Waals surface area (Å²) in [4.78, 5) is 21.2. The van der Waals surface area contributed by atoms with Gasteiger partial charge < -0.3 is 14.4 Å². The van der Waals surface area contributed by atoms with Crippen LogP contribution < -0.4 is 4.18 Å². The fourth-order valence-corrected chi connectivity index (χ4v) is 1.34. The van der Waals surface area contributed by atoms with Crippen molar-refractivity contribution < 1.29 is 36.3 Å². The zero-order valence-corrected chi connectivity index (χ0v) is 8.77. The molecule has 0 saturated heterocycles. The maximum atomic E-state index is 12.2. The molecule has 0 aliphatic heterocycles. The van der Waals surface area contributed by atoms with Crippen molar-refractivity contribution in [1.29, 1.82) is 0 Å². The first-order valence-corrected chi connectivity index (χ1v) is 5.25. The van der Waals surface area contributed by atoms with Crippen LogP contribution >= 0.6 is 0 Å². The Morgan fingerprint density at radius 3 is 1.76 bits per heavy atom. The minimum absolute atomic E-state index is 0.538. The second-order valence-corrected chi connectivity index (χ2v) is 3.79. The molecule has 7 nitrogen and oxygen atoms in total. The molecule has 0 amide bonds. The Morgan fingerprint density at radius 2 is 1.47 bits per heavy atom. The summed E-state index contributed by atoms with van der Waals surface area (Å²) in [7, 11) is -5.35. The molecule has 2 N–H and O–H groups in total. The molecule has 92 valence electrons. The van der Waals surface area contributed by atoms with E-state index in [1.165, 1.54) is 0 Å². The monoisotopic (exact) mass is 264 g/mol. The summed E-state index contributed by atoms with van der Waals surface area (Å²) >= 11 is 0. The number of carboxylic acids is 2. The molecule has 0 radical (unpaired) electrons. The van der Waals surface area contributed by atoms with Crippen molar-refractivity contribution in [1.82, 2.24) is 0 Å². The summed E-state index contributed by atoms with van der Waals surface area (Å²) < 4.78 is 36.3. The van der Waals surface area contributed by atoms with Crippen molar-refractivity contribution in [3.8, 4) is 5.75 Å². The smallest absolute Gasteiger partial charge is 0.478 e. The first-order valence-electron chi connectivity index (χ1n) is 3.95. The second kappa shape index (κ2) is 4.37. The quantitative estimate of drug-likeness (QED) is 0.767. The molecule has 9 heteroatoms. The van der Waals surface area contributed by atoms with Gasteiger partial charge in [-0.15, -0.1) is 0 Å². The minimum atomic E-state index is -5.35. The highest BCUT2D eigenvalue weighted by atomic mass is 32.3. The lowest BCUT2D eigenvalue weighted by atomic mass is 10.1. The number of aromatic carboxylic acids is 2. The van der Waals surface area contributed by atoms with Crippen LogP contribution in [-0.4, -0.2) is 30.6 Å². The van der Waals surface area contributed by atoms with Gasteiger partial charge in [-0.2, -0.15) is 8.42 Å². The number of halogens is 1. The number of rotatable bonds is 4. The molecule has 17 heavy (non-hydrogen) atoms. The van der Waals surface area contributed by atoms with Gasteiger partial charge in [-0.1, -0.05) is 3.89 Å². The third kappa shape index (κ3) is 3.72. The lowest BCUT2D eigenvalue weighted by Crippen LogP contribution is -2.06. The predicted molar refractivity (Wildman–Crippen MR) is 51.0 cm³/mol. The van der Waals surface area contributed by atoms with E-state index in [0.29, 0.717) is 12.1 Å². The first kappa shape index (κ1) is 12.9. The predicted octanol–water partition coefficient (Wildman–Crippen LogP) is 0.676. The minimum Gasteiger partial charge on any atom is -0.478 e. The number of benzene rings is 1. The molecule has 0 spiro atoms. The lowest BCUT2D eigenvalue weighted by molar-refractivity contribution is 0.0696. The van der Waals surface area contributed by atoms with Crippen LogP contribution in [-0.2, 0) is 10.5 Å². The zero-order chi connectivity index (χ0) is 13.2. The molecule has 0 unspecified atom stereocenters. The lowest BCUT2D eigenvalue weighted by Gasteiger charge is -2.03. The van der Waals surface area contributed by atoms with Gasteiger partial charge >= 0.3 is 22.4 Å². The van der Waals surface area contributed by atoms with E-state index in [0.717, 1.165) is 6.07 Å². The van der Waals surface area contributed by atoms with Crippen LogP contribution in [0.3, 0.4) is 0 Å². The molecular weight excluding hydrogens is 259 g/mol. The van der Waals surface area contributed by atoms with Crippen LogP contribution in [0.2, 0.25) is 0 Å². The van der Waals surface area contributed by atoms with Gasteiger partial charge in [0.1, 0.15) is 5.75 Å². The van der Waals surface area contributed by atoms with Crippen molar-refractivity contribution in [2.45, 2.75) is 0 Å². The van der Waals surface area contributed by atoms with Crippen LogP contribution in [0.25, 0.3) is 0 Å². The van der Waals surface area contributed by atoms with E-state index >= 15 is 0 Å². The highest BCUT2D eigenvalue weighted by Gasteiger charge is 2.16. The summed E-state index contributed by atoms with van der Waals surface area (Å²) in [6.45, 7) is 0. The Kier molecular flexibility index (Phi) is 3.32. The Morgan fingerprint density at radius 1 is 1.06 bits per heavy atom.